The molecule has 6 aromatic rings. The van der Waals surface area contributed by atoms with Gasteiger partial charge in [0.2, 0.25) is 0 Å². The first-order chi connectivity index (χ1) is 23.1. The van der Waals surface area contributed by atoms with Crippen LogP contribution in [0.2, 0.25) is 0 Å². The van der Waals surface area contributed by atoms with E-state index in [0.29, 0.717) is 0 Å². The van der Waals surface area contributed by atoms with Crippen LogP contribution in [0.3, 0.4) is 0 Å². The van der Waals surface area contributed by atoms with Crippen LogP contribution in [0.15, 0.2) is 152 Å². The van der Waals surface area contributed by atoms with E-state index in [0.717, 1.165) is 12.4 Å². The predicted octanol–water partition coefficient (Wildman–Crippen LogP) is 9.71. The zero-order chi connectivity index (χ0) is 31.5. The Morgan fingerprint density at radius 3 is 2.11 bits per heavy atom. The monoisotopic (exact) mass is 606 g/mol. The van der Waals surface area contributed by atoms with Crippen molar-refractivity contribution in [2.45, 2.75) is 25.4 Å². The molecule has 0 spiro atoms. The molecule has 0 bridgehead atoms. The van der Waals surface area contributed by atoms with E-state index in [-0.39, 0.29) is 11.6 Å². The van der Waals surface area contributed by atoms with Crippen molar-refractivity contribution in [3.8, 4) is 22.3 Å². The largest absolute Gasteiger partial charge is 0.381 e. The Morgan fingerprint density at radius 1 is 0.660 bits per heavy atom. The first-order valence-electron chi connectivity index (χ1n) is 16.5. The molecular weight excluding hydrogens is 571 g/mol. The van der Waals surface area contributed by atoms with Gasteiger partial charge in [0, 0.05) is 34.2 Å². The average molecular weight is 607 g/mol. The Hall–Kier alpha value is -5.67. The molecule has 2 aliphatic heterocycles. The minimum absolute atomic E-state index is 0.00437. The summed E-state index contributed by atoms with van der Waals surface area (Å²) >= 11 is 0. The first kappa shape index (κ1) is 27.6. The van der Waals surface area contributed by atoms with Crippen molar-refractivity contribution in [2.24, 2.45) is 0 Å². The zero-order valence-electron chi connectivity index (χ0n) is 26.7. The third kappa shape index (κ3) is 4.38. The molecule has 226 valence electrons. The van der Waals surface area contributed by atoms with E-state index < -0.39 is 0 Å². The molecule has 0 saturated carbocycles. The summed E-state index contributed by atoms with van der Waals surface area (Å²) in [5.41, 5.74) is 13.8. The van der Waals surface area contributed by atoms with Crippen LogP contribution in [-0.2, 0) is 5.41 Å². The first-order valence-corrected chi connectivity index (χ1v) is 16.5. The minimum Gasteiger partial charge on any atom is -0.381 e. The van der Waals surface area contributed by atoms with Gasteiger partial charge in [0.1, 0.15) is 5.69 Å². The highest BCUT2D eigenvalue weighted by Crippen LogP contribution is 2.56. The quantitative estimate of drug-likeness (QED) is 0.191. The average Bonchev–Trinajstić information content (AvgIpc) is 3.34. The SMILES string of the molecule is CC1(C)c2cc(C3=CC=CCN3)ccc2-c2c1cc1ccccc1c2[N+]1=C(c2ccc(-c3ccccc3)cc2)NC1c1ccccc1. The van der Waals surface area contributed by atoms with Gasteiger partial charge in [-0.15, -0.1) is 0 Å². The summed E-state index contributed by atoms with van der Waals surface area (Å²) in [5.74, 6) is 1.13. The molecule has 0 radical (unpaired) electrons. The van der Waals surface area contributed by atoms with Gasteiger partial charge in [0.15, 0.2) is 0 Å². The Labute approximate surface area is 276 Å². The van der Waals surface area contributed by atoms with Crippen LogP contribution >= 0.6 is 0 Å². The van der Waals surface area contributed by atoms with E-state index in [9.17, 15) is 0 Å². The smallest absolute Gasteiger partial charge is 0.289 e. The van der Waals surface area contributed by atoms with Crippen LogP contribution < -0.4 is 10.6 Å². The number of nitrogens with one attached hydrogen (secondary N) is 2. The summed E-state index contributed by atoms with van der Waals surface area (Å²) in [4.78, 5) is 0. The number of hydrogen-bond acceptors (Lipinski definition) is 2. The number of rotatable bonds is 5. The van der Waals surface area contributed by atoms with Crippen LogP contribution in [0.25, 0.3) is 38.7 Å². The van der Waals surface area contributed by atoms with Crippen molar-refractivity contribution in [3.05, 3.63) is 180 Å². The van der Waals surface area contributed by atoms with Crippen LogP contribution in [0.5, 0.6) is 0 Å². The summed E-state index contributed by atoms with van der Waals surface area (Å²) in [6.07, 6.45) is 6.49. The minimum atomic E-state index is -0.164. The Kier molecular flexibility index (Phi) is 6.29. The summed E-state index contributed by atoms with van der Waals surface area (Å²) in [7, 11) is 0. The number of fused-ring (bicyclic) bond motifs is 4. The molecule has 47 heavy (non-hydrogen) atoms. The number of amidine groups is 1. The fourth-order valence-electron chi connectivity index (χ4n) is 7.70. The Bertz CT molecular complexity index is 2270. The van der Waals surface area contributed by atoms with Crippen molar-refractivity contribution in [2.75, 3.05) is 6.54 Å². The van der Waals surface area contributed by atoms with Crippen molar-refractivity contribution in [1.29, 1.82) is 0 Å². The molecule has 3 heteroatoms. The second-order valence-corrected chi connectivity index (χ2v) is 13.3. The number of dihydropyridines is 1. The highest BCUT2D eigenvalue weighted by molar-refractivity contribution is 6.06. The second kappa shape index (κ2) is 10.7. The summed E-state index contributed by atoms with van der Waals surface area (Å²) in [6.45, 7) is 5.63. The van der Waals surface area contributed by atoms with Crippen molar-refractivity contribution < 1.29 is 4.58 Å². The maximum atomic E-state index is 3.89. The van der Waals surface area contributed by atoms with Crippen LogP contribution in [0.4, 0.5) is 5.69 Å². The van der Waals surface area contributed by atoms with Gasteiger partial charge < -0.3 is 5.32 Å². The highest BCUT2D eigenvalue weighted by atomic mass is 15.4. The molecule has 3 nitrogen and oxygen atoms in total. The van der Waals surface area contributed by atoms with E-state index in [2.05, 4.69) is 181 Å². The molecule has 6 aromatic carbocycles. The number of allylic oxidation sites excluding steroid dienone is 2. The van der Waals surface area contributed by atoms with Gasteiger partial charge >= 0.3 is 0 Å². The Balaban J connectivity index is 1.29. The lowest BCUT2D eigenvalue weighted by molar-refractivity contribution is -0.529. The fraction of sp³-hybridized carbons (Fsp3) is 0.114. The molecule has 1 aliphatic carbocycles. The fourth-order valence-corrected chi connectivity index (χ4v) is 7.70. The molecule has 0 aromatic heterocycles. The van der Waals surface area contributed by atoms with E-state index in [1.54, 1.807) is 0 Å². The van der Waals surface area contributed by atoms with Crippen LogP contribution in [0.1, 0.15) is 47.8 Å². The normalized spacial score (nSPS) is 17.3. The lowest BCUT2D eigenvalue weighted by Gasteiger charge is -2.31. The lowest BCUT2D eigenvalue weighted by Crippen LogP contribution is -2.51. The van der Waals surface area contributed by atoms with Gasteiger partial charge in [-0.2, -0.15) is 4.58 Å². The number of nitrogens with zero attached hydrogens (tertiary/aromatic N) is 1. The molecular formula is C44H36N3+. The van der Waals surface area contributed by atoms with E-state index in [1.807, 2.05) is 0 Å². The van der Waals surface area contributed by atoms with Gasteiger partial charge in [0.05, 0.1) is 5.56 Å². The standard InChI is InChI=1S/C44H35N3/c1-44(2)37-28-34(39-19-11-12-26-45-39)24-25-36(37)40-38(44)27-33-17-9-10-18-35(33)41(40)47-42(31-15-7-4-8-16-31)46-43(47)32-22-20-30(21-23-32)29-13-5-3-6-14-29/h3-25,27-28,42,45H,26H2,1-2H3/p+1. The maximum Gasteiger partial charge on any atom is 0.289 e. The van der Waals surface area contributed by atoms with E-state index in [4.69, 9.17) is 0 Å². The van der Waals surface area contributed by atoms with Gasteiger partial charge in [-0.3, -0.25) is 0 Å². The van der Waals surface area contributed by atoms with Crippen molar-refractivity contribution in [1.82, 2.24) is 10.6 Å². The summed E-state index contributed by atoms with van der Waals surface area (Å²) < 4.78 is 2.56. The van der Waals surface area contributed by atoms with Crippen molar-refractivity contribution >= 4 is 28.0 Å². The van der Waals surface area contributed by atoms with Crippen molar-refractivity contribution in [3.63, 3.8) is 0 Å². The summed E-state index contributed by atoms with van der Waals surface area (Å²) in [6, 6.07) is 48.8. The zero-order valence-corrected chi connectivity index (χ0v) is 26.7. The molecule has 0 fully saturated rings. The van der Waals surface area contributed by atoms with Gasteiger partial charge in [-0.25, -0.2) is 5.32 Å². The third-order valence-corrected chi connectivity index (χ3v) is 10.2. The van der Waals surface area contributed by atoms with Gasteiger partial charge in [-0.05, 0) is 69.1 Å². The molecule has 0 saturated heterocycles. The third-order valence-electron chi connectivity index (χ3n) is 10.2. The van der Waals surface area contributed by atoms with Gasteiger partial charge in [-0.1, -0.05) is 135 Å². The van der Waals surface area contributed by atoms with Crippen LogP contribution in [-0.4, -0.2) is 17.0 Å². The molecule has 1 unspecified atom stereocenters. The molecule has 0 amide bonds. The highest BCUT2D eigenvalue weighted by Gasteiger charge is 2.46. The summed E-state index contributed by atoms with van der Waals surface area (Å²) in [5, 5.41) is 9.99. The molecule has 9 rings (SSSR count). The maximum absolute atomic E-state index is 3.89. The number of benzene rings is 6. The lowest BCUT2D eigenvalue weighted by atomic mass is 9.81. The Morgan fingerprint density at radius 2 is 1.34 bits per heavy atom. The van der Waals surface area contributed by atoms with E-state index >= 15 is 0 Å². The molecule has 1 atom stereocenters. The number of hydrogen-bond donors (Lipinski definition) is 2. The van der Waals surface area contributed by atoms with Gasteiger partial charge in [0.25, 0.3) is 12.0 Å². The predicted molar refractivity (Wildman–Crippen MR) is 195 cm³/mol. The van der Waals surface area contributed by atoms with E-state index in [1.165, 1.54) is 72.2 Å². The molecule has 2 heterocycles. The second-order valence-electron chi connectivity index (χ2n) is 13.3. The topological polar surface area (TPSA) is 27.1 Å². The molecule has 2 N–H and O–H groups in total. The van der Waals surface area contributed by atoms with Crippen LogP contribution in [0, 0.1) is 0 Å². The molecule has 3 aliphatic rings.